The van der Waals surface area contributed by atoms with Gasteiger partial charge in [-0.1, -0.05) is 117 Å². The fourth-order valence-corrected chi connectivity index (χ4v) is 3.19. The third-order valence-electron chi connectivity index (χ3n) is 5.17. The summed E-state index contributed by atoms with van der Waals surface area (Å²) in [6.07, 6.45) is 26.1. The second-order valence-corrected chi connectivity index (χ2v) is 7.50. The van der Waals surface area contributed by atoms with E-state index in [4.69, 9.17) is 0 Å². The fourth-order valence-electron chi connectivity index (χ4n) is 3.19. The van der Waals surface area contributed by atoms with Gasteiger partial charge in [-0.25, -0.2) is 0 Å². The summed E-state index contributed by atoms with van der Waals surface area (Å²) in [5, 5.41) is 0. The minimum Gasteiger partial charge on any atom is -0.291 e. The molecular formula is C22H43O. The van der Waals surface area contributed by atoms with Crippen molar-refractivity contribution in [1.29, 1.82) is 0 Å². The Morgan fingerprint density at radius 3 is 1.30 bits per heavy atom. The molecule has 0 aliphatic heterocycles. The molecule has 137 valence electrons. The maximum atomic E-state index is 10.1. The number of unbranched alkanes of at least 4 members (excludes halogenated alkanes) is 15. The Morgan fingerprint density at radius 1 is 0.609 bits per heavy atom. The number of carbonyl (C=O) groups excluding carboxylic acids is 1. The Kier molecular flexibility index (Phi) is 19.4. The predicted octanol–water partition coefficient (Wildman–Crippen LogP) is 7.77. The summed E-state index contributed by atoms with van der Waals surface area (Å²) in [5.74, 6) is 0.935. The van der Waals surface area contributed by atoms with Gasteiger partial charge in [-0.15, -0.1) is 0 Å². The van der Waals surface area contributed by atoms with Gasteiger partial charge >= 0.3 is 0 Å². The van der Waals surface area contributed by atoms with Crippen LogP contribution in [0.2, 0.25) is 0 Å². The van der Waals surface area contributed by atoms with Crippen molar-refractivity contribution in [3.05, 3.63) is 0 Å². The molecule has 0 N–H and O–H groups in total. The van der Waals surface area contributed by atoms with Crippen LogP contribution < -0.4 is 0 Å². The molecule has 1 atom stereocenters. The summed E-state index contributed by atoms with van der Waals surface area (Å²) >= 11 is 0. The molecule has 0 heterocycles. The van der Waals surface area contributed by atoms with Crippen LogP contribution in [-0.2, 0) is 4.79 Å². The normalized spacial score (nSPS) is 12.4. The third kappa shape index (κ3) is 19.6. The van der Waals surface area contributed by atoms with Gasteiger partial charge in [0.15, 0.2) is 6.29 Å². The van der Waals surface area contributed by atoms with Crippen molar-refractivity contribution in [3.8, 4) is 0 Å². The summed E-state index contributed by atoms with van der Waals surface area (Å²) in [7, 11) is 0. The van der Waals surface area contributed by atoms with Crippen molar-refractivity contribution in [3.63, 3.8) is 0 Å². The van der Waals surface area contributed by atoms with E-state index in [9.17, 15) is 4.79 Å². The van der Waals surface area contributed by atoms with E-state index in [0.29, 0.717) is 6.42 Å². The van der Waals surface area contributed by atoms with Crippen LogP contribution in [0.5, 0.6) is 0 Å². The first-order valence-corrected chi connectivity index (χ1v) is 10.7. The van der Waals surface area contributed by atoms with Crippen molar-refractivity contribution in [2.45, 2.75) is 129 Å². The molecule has 0 bridgehead atoms. The van der Waals surface area contributed by atoms with E-state index in [-0.39, 0.29) is 0 Å². The van der Waals surface area contributed by atoms with E-state index in [2.05, 4.69) is 13.8 Å². The van der Waals surface area contributed by atoms with E-state index < -0.39 is 0 Å². The van der Waals surface area contributed by atoms with E-state index in [0.717, 1.165) is 12.3 Å². The topological polar surface area (TPSA) is 17.1 Å². The molecule has 0 aliphatic rings. The molecule has 0 amide bonds. The minimum atomic E-state index is 0.637. The van der Waals surface area contributed by atoms with Crippen LogP contribution in [0, 0.1) is 5.92 Å². The Labute approximate surface area is 147 Å². The quantitative estimate of drug-likeness (QED) is 0.222. The zero-order valence-electron chi connectivity index (χ0n) is 16.2. The van der Waals surface area contributed by atoms with Gasteiger partial charge in [0.2, 0.25) is 0 Å². The van der Waals surface area contributed by atoms with Crippen molar-refractivity contribution >= 4 is 6.29 Å². The first-order valence-electron chi connectivity index (χ1n) is 10.7. The van der Waals surface area contributed by atoms with Crippen molar-refractivity contribution in [2.24, 2.45) is 5.92 Å². The molecule has 0 saturated carbocycles. The summed E-state index contributed by atoms with van der Waals surface area (Å²) in [6, 6.07) is 0. The lowest BCUT2D eigenvalue weighted by Crippen LogP contribution is -1.91. The first-order chi connectivity index (χ1) is 11.3. The highest BCUT2D eigenvalue weighted by atomic mass is 16.1. The monoisotopic (exact) mass is 323 g/mol. The van der Waals surface area contributed by atoms with Gasteiger partial charge in [-0.2, -0.15) is 0 Å². The molecule has 1 heteroatoms. The zero-order valence-corrected chi connectivity index (χ0v) is 16.2. The van der Waals surface area contributed by atoms with Crippen LogP contribution in [0.1, 0.15) is 129 Å². The standard InChI is InChI=1S/C22H43O/c1-3-22(2)20-18-16-14-12-10-8-6-4-5-7-9-11-13-15-17-19-21-23/h22H,3-20H2,1-2H3. The fraction of sp³-hybridized carbons (Fsp3) is 0.955. The number of rotatable bonds is 19. The average molecular weight is 324 g/mol. The maximum Gasteiger partial charge on any atom is 0.198 e. The highest BCUT2D eigenvalue weighted by Crippen LogP contribution is 2.16. The summed E-state index contributed by atoms with van der Waals surface area (Å²) < 4.78 is 0. The van der Waals surface area contributed by atoms with E-state index in [1.165, 1.54) is 103 Å². The van der Waals surface area contributed by atoms with Crippen LogP contribution in [0.4, 0.5) is 0 Å². The molecule has 0 aliphatic carbocycles. The van der Waals surface area contributed by atoms with Crippen molar-refractivity contribution in [2.75, 3.05) is 0 Å². The minimum absolute atomic E-state index is 0.637. The Hall–Kier alpha value is -0.330. The molecule has 23 heavy (non-hydrogen) atoms. The molecule has 0 aromatic carbocycles. The lowest BCUT2D eigenvalue weighted by atomic mass is 9.99. The summed E-state index contributed by atoms with van der Waals surface area (Å²) in [4.78, 5) is 10.1. The zero-order chi connectivity index (χ0) is 17.0. The van der Waals surface area contributed by atoms with E-state index >= 15 is 0 Å². The Balaban J connectivity index is 2.98. The second kappa shape index (κ2) is 19.7. The first kappa shape index (κ1) is 22.7. The van der Waals surface area contributed by atoms with Crippen molar-refractivity contribution in [1.82, 2.24) is 0 Å². The number of hydrogen-bond acceptors (Lipinski definition) is 1. The molecule has 0 rings (SSSR count). The number of hydrogen-bond donors (Lipinski definition) is 0. The molecule has 0 aromatic heterocycles. The summed E-state index contributed by atoms with van der Waals surface area (Å²) in [6.45, 7) is 4.69. The molecule has 0 spiro atoms. The van der Waals surface area contributed by atoms with Gasteiger partial charge in [-0.3, -0.25) is 4.79 Å². The molecule has 0 saturated heterocycles. The Bertz CT molecular complexity index is 224. The molecule has 1 nitrogen and oxygen atoms in total. The van der Waals surface area contributed by atoms with E-state index in [1.54, 1.807) is 0 Å². The van der Waals surface area contributed by atoms with Gasteiger partial charge in [0, 0.05) is 6.42 Å². The molecule has 0 fully saturated rings. The van der Waals surface area contributed by atoms with Gasteiger partial charge < -0.3 is 0 Å². The van der Waals surface area contributed by atoms with Crippen LogP contribution in [0.3, 0.4) is 0 Å². The van der Waals surface area contributed by atoms with Crippen molar-refractivity contribution < 1.29 is 4.79 Å². The summed E-state index contributed by atoms with van der Waals surface area (Å²) in [5.41, 5.74) is 0. The lowest BCUT2D eigenvalue weighted by Gasteiger charge is -2.07. The highest BCUT2D eigenvalue weighted by molar-refractivity contribution is 5.50. The van der Waals surface area contributed by atoms with Crippen LogP contribution in [0.15, 0.2) is 0 Å². The van der Waals surface area contributed by atoms with Gasteiger partial charge in [0.1, 0.15) is 0 Å². The molecular weight excluding hydrogens is 280 g/mol. The van der Waals surface area contributed by atoms with Crippen LogP contribution in [0.25, 0.3) is 0 Å². The second-order valence-electron chi connectivity index (χ2n) is 7.50. The average Bonchev–Trinajstić information content (AvgIpc) is 2.57. The Morgan fingerprint density at radius 2 is 0.957 bits per heavy atom. The van der Waals surface area contributed by atoms with Gasteiger partial charge in [0.25, 0.3) is 0 Å². The molecule has 1 unspecified atom stereocenters. The lowest BCUT2D eigenvalue weighted by molar-refractivity contribution is 0.468. The largest absolute Gasteiger partial charge is 0.291 e. The van der Waals surface area contributed by atoms with Gasteiger partial charge in [-0.05, 0) is 12.3 Å². The van der Waals surface area contributed by atoms with Crippen LogP contribution in [-0.4, -0.2) is 6.29 Å². The maximum absolute atomic E-state index is 10.1. The van der Waals surface area contributed by atoms with E-state index in [1.807, 2.05) is 6.29 Å². The van der Waals surface area contributed by atoms with Gasteiger partial charge in [0.05, 0.1) is 0 Å². The molecule has 1 radical (unpaired) electrons. The third-order valence-corrected chi connectivity index (χ3v) is 5.17. The highest BCUT2D eigenvalue weighted by Gasteiger charge is 1.98. The smallest absolute Gasteiger partial charge is 0.198 e. The molecule has 0 aromatic rings. The predicted molar refractivity (Wildman–Crippen MR) is 104 cm³/mol. The van der Waals surface area contributed by atoms with Crippen LogP contribution >= 0.6 is 0 Å². The SMILES string of the molecule is CCC(C)CCCCCCCCCCCCCCCCC[C]=O.